The number of fused-ring (bicyclic) bond motifs is 1. The zero-order valence-corrected chi connectivity index (χ0v) is 16.4. The van der Waals surface area contributed by atoms with Crippen LogP contribution >= 0.6 is 0 Å². The van der Waals surface area contributed by atoms with Crippen molar-refractivity contribution in [3.05, 3.63) is 28.7 Å². The van der Waals surface area contributed by atoms with Gasteiger partial charge in [-0.1, -0.05) is 5.16 Å². The molecule has 0 bridgehead atoms. The molecule has 1 saturated heterocycles. The molecule has 27 heavy (non-hydrogen) atoms. The molecule has 0 aromatic carbocycles. The fourth-order valence-corrected chi connectivity index (χ4v) is 4.21. The number of aryl methyl sites for hydroxylation is 2. The van der Waals surface area contributed by atoms with E-state index in [-0.39, 0.29) is 5.91 Å². The van der Waals surface area contributed by atoms with Gasteiger partial charge in [-0.05, 0) is 53.2 Å². The number of hydrogen-bond acceptors (Lipinski definition) is 6. The summed E-state index contributed by atoms with van der Waals surface area (Å²) in [5.74, 6) is 3.48. The quantitative estimate of drug-likeness (QED) is 0.812. The lowest BCUT2D eigenvalue weighted by atomic mass is 9.96. The minimum Gasteiger partial charge on any atom is -0.361 e. The first-order chi connectivity index (χ1) is 13.0. The fourth-order valence-electron chi connectivity index (χ4n) is 4.21. The third-order valence-electron chi connectivity index (χ3n) is 5.99. The Morgan fingerprint density at radius 1 is 1.15 bits per heavy atom. The average molecular weight is 372 g/mol. The van der Waals surface area contributed by atoms with E-state index in [2.05, 4.69) is 31.9 Å². The molecule has 1 amide bonds. The number of amides is 1. The van der Waals surface area contributed by atoms with Gasteiger partial charge in [-0.2, -0.15) is 0 Å². The van der Waals surface area contributed by atoms with E-state index in [1.807, 2.05) is 18.7 Å². The molecule has 2 aromatic heterocycles. The maximum Gasteiger partial charge on any atom is 0.223 e. The van der Waals surface area contributed by atoms with Crippen molar-refractivity contribution in [3.63, 3.8) is 0 Å². The van der Waals surface area contributed by atoms with Gasteiger partial charge in [-0.25, -0.2) is 0 Å². The lowest BCUT2D eigenvalue weighted by molar-refractivity contribution is -0.132. The zero-order valence-electron chi connectivity index (χ0n) is 16.4. The first-order valence-corrected chi connectivity index (χ1v) is 9.83. The van der Waals surface area contributed by atoms with Gasteiger partial charge >= 0.3 is 0 Å². The van der Waals surface area contributed by atoms with Gasteiger partial charge in [0.1, 0.15) is 11.6 Å². The number of nitrogens with zero attached hydrogens (tertiary/aromatic N) is 6. The van der Waals surface area contributed by atoms with Crippen LogP contribution in [0.1, 0.15) is 53.8 Å². The first-order valence-electron chi connectivity index (χ1n) is 9.83. The Morgan fingerprint density at radius 3 is 2.63 bits per heavy atom. The zero-order chi connectivity index (χ0) is 19.0. The summed E-state index contributed by atoms with van der Waals surface area (Å²) < 4.78 is 7.43. The molecule has 2 aliphatic rings. The Kier molecular flexibility index (Phi) is 4.99. The van der Waals surface area contributed by atoms with Crippen molar-refractivity contribution in [3.8, 4) is 0 Å². The van der Waals surface area contributed by atoms with Crippen molar-refractivity contribution in [2.24, 2.45) is 0 Å². The summed E-state index contributed by atoms with van der Waals surface area (Å²) >= 11 is 0. The number of likely N-dealkylation sites (tertiary alicyclic amines) is 1. The maximum absolute atomic E-state index is 12.7. The molecular weight excluding hydrogens is 344 g/mol. The molecule has 4 rings (SSSR count). The molecule has 0 radical (unpaired) electrons. The standard InChI is InChI=1S/C19H28N6O2/c1-13-16(14(2)27-22-13)4-5-18(26)24-10-11-25-17(12-24)20-21-19(25)15-6-8-23(3)9-7-15/h15H,4-12H2,1-3H3. The largest absolute Gasteiger partial charge is 0.361 e. The summed E-state index contributed by atoms with van der Waals surface area (Å²) in [6, 6.07) is 0. The Labute approximate surface area is 159 Å². The highest BCUT2D eigenvalue weighted by molar-refractivity contribution is 5.76. The van der Waals surface area contributed by atoms with Crippen LogP contribution in [0.15, 0.2) is 4.52 Å². The molecule has 146 valence electrons. The number of aromatic nitrogens is 4. The van der Waals surface area contributed by atoms with E-state index in [1.54, 1.807) is 0 Å². The van der Waals surface area contributed by atoms with Crippen LogP contribution in [-0.2, 0) is 24.3 Å². The van der Waals surface area contributed by atoms with E-state index in [4.69, 9.17) is 4.52 Å². The molecule has 0 saturated carbocycles. The number of rotatable bonds is 4. The molecular formula is C19H28N6O2. The van der Waals surface area contributed by atoms with E-state index in [0.29, 0.717) is 25.3 Å². The number of piperidine rings is 1. The van der Waals surface area contributed by atoms with Crippen LogP contribution in [-0.4, -0.2) is 62.3 Å². The van der Waals surface area contributed by atoms with Crippen LogP contribution in [0.4, 0.5) is 0 Å². The normalized spacial score (nSPS) is 18.7. The van der Waals surface area contributed by atoms with E-state index < -0.39 is 0 Å². The van der Waals surface area contributed by atoms with Gasteiger partial charge in [0, 0.05) is 31.0 Å². The smallest absolute Gasteiger partial charge is 0.223 e. The summed E-state index contributed by atoms with van der Waals surface area (Å²) in [5.41, 5.74) is 1.93. The summed E-state index contributed by atoms with van der Waals surface area (Å²) in [6.45, 7) is 8.11. The van der Waals surface area contributed by atoms with Crippen molar-refractivity contribution in [1.29, 1.82) is 0 Å². The SMILES string of the molecule is Cc1noc(C)c1CCC(=O)N1CCn2c(nnc2C2CCN(C)CC2)C1. The predicted molar refractivity (Wildman–Crippen MR) is 99.2 cm³/mol. The van der Waals surface area contributed by atoms with Crippen LogP contribution in [0.25, 0.3) is 0 Å². The van der Waals surface area contributed by atoms with E-state index in [9.17, 15) is 4.79 Å². The third-order valence-corrected chi connectivity index (χ3v) is 5.99. The molecule has 1 fully saturated rings. The molecule has 0 unspecified atom stereocenters. The monoisotopic (exact) mass is 372 g/mol. The van der Waals surface area contributed by atoms with Gasteiger partial charge in [0.2, 0.25) is 5.91 Å². The van der Waals surface area contributed by atoms with E-state index >= 15 is 0 Å². The molecule has 4 heterocycles. The van der Waals surface area contributed by atoms with Crippen LogP contribution in [0.5, 0.6) is 0 Å². The van der Waals surface area contributed by atoms with Crippen molar-refractivity contribution in [2.45, 2.75) is 58.5 Å². The number of carbonyl (C=O) groups excluding carboxylic acids is 1. The van der Waals surface area contributed by atoms with Crippen LogP contribution in [0, 0.1) is 13.8 Å². The summed E-state index contributed by atoms with van der Waals surface area (Å²) in [4.78, 5) is 17.0. The second-order valence-corrected chi connectivity index (χ2v) is 7.82. The Balaban J connectivity index is 1.38. The Hall–Kier alpha value is -2.22. The minimum atomic E-state index is 0.157. The highest BCUT2D eigenvalue weighted by Gasteiger charge is 2.29. The fraction of sp³-hybridized carbons (Fsp3) is 0.684. The van der Waals surface area contributed by atoms with Gasteiger partial charge in [-0.3, -0.25) is 4.79 Å². The maximum atomic E-state index is 12.7. The summed E-state index contributed by atoms with van der Waals surface area (Å²) in [6.07, 6.45) is 3.41. The molecule has 0 spiro atoms. The minimum absolute atomic E-state index is 0.157. The molecule has 8 heteroatoms. The Bertz CT molecular complexity index is 799. The second-order valence-electron chi connectivity index (χ2n) is 7.82. The molecule has 0 N–H and O–H groups in total. The lowest BCUT2D eigenvalue weighted by Crippen LogP contribution is -2.39. The van der Waals surface area contributed by atoms with Gasteiger partial charge in [0.25, 0.3) is 0 Å². The number of hydrogen-bond donors (Lipinski definition) is 0. The molecule has 2 aromatic rings. The van der Waals surface area contributed by atoms with Gasteiger partial charge < -0.3 is 18.9 Å². The summed E-state index contributed by atoms with van der Waals surface area (Å²) in [5, 5.41) is 12.9. The topological polar surface area (TPSA) is 80.3 Å². The highest BCUT2D eigenvalue weighted by atomic mass is 16.5. The van der Waals surface area contributed by atoms with Crippen LogP contribution < -0.4 is 0 Å². The second kappa shape index (κ2) is 7.42. The van der Waals surface area contributed by atoms with Crippen molar-refractivity contribution < 1.29 is 9.32 Å². The molecule has 2 aliphatic heterocycles. The van der Waals surface area contributed by atoms with Crippen molar-refractivity contribution in [1.82, 2.24) is 29.7 Å². The van der Waals surface area contributed by atoms with Gasteiger partial charge in [-0.15, -0.1) is 10.2 Å². The highest BCUT2D eigenvalue weighted by Crippen LogP contribution is 2.28. The third kappa shape index (κ3) is 3.63. The molecule has 0 aliphatic carbocycles. The predicted octanol–water partition coefficient (Wildman–Crippen LogP) is 1.67. The van der Waals surface area contributed by atoms with Crippen molar-refractivity contribution in [2.75, 3.05) is 26.7 Å². The number of carbonyl (C=O) groups is 1. The van der Waals surface area contributed by atoms with Gasteiger partial charge in [0.05, 0.1) is 12.2 Å². The van der Waals surface area contributed by atoms with Crippen LogP contribution in [0.2, 0.25) is 0 Å². The molecule has 0 atom stereocenters. The average Bonchev–Trinajstić information content (AvgIpc) is 3.23. The summed E-state index contributed by atoms with van der Waals surface area (Å²) in [7, 11) is 2.17. The lowest BCUT2D eigenvalue weighted by Gasteiger charge is -2.31. The molecule has 8 nitrogen and oxygen atoms in total. The van der Waals surface area contributed by atoms with Gasteiger partial charge in [0.15, 0.2) is 5.82 Å². The van der Waals surface area contributed by atoms with E-state index in [1.165, 1.54) is 0 Å². The Morgan fingerprint density at radius 2 is 1.93 bits per heavy atom. The van der Waals surface area contributed by atoms with E-state index in [0.717, 1.165) is 67.7 Å². The first kappa shape index (κ1) is 18.2. The van der Waals surface area contributed by atoms with Crippen molar-refractivity contribution >= 4 is 5.91 Å². The van der Waals surface area contributed by atoms with Crippen LogP contribution in [0.3, 0.4) is 0 Å².